The Hall–Kier alpha value is -2.66. The smallest absolute Gasteiger partial charge is 0.283 e. The van der Waals surface area contributed by atoms with Gasteiger partial charge in [0.15, 0.2) is 5.01 Å². The first-order valence-electron chi connectivity index (χ1n) is 12.4. The summed E-state index contributed by atoms with van der Waals surface area (Å²) in [7, 11) is 0. The number of hydrogen-bond acceptors (Lipinski definition) is 7. The number of amides is 2. The molecule has 5 heterocycles. The normalized spacial score (nSPS) is 20.0. The van der Waals surface area contributed by atoms with Crippen LogP contribution >= 0.6 is 11.3 Å². The van der Waals surface area contributed by atoms with Gasteiger partial charge in [-0.1, -0.05) is 6.92 Å². The lowest BCUT2D eigenvalue weighted by molar-refractivity contribution is -0.209. The molecule has 3 aliphatic heterocycles. The standard InChI is InChI=1S/C19H22F2N4O2S.C6H11NO/c1-3-5-22-14-7-12(16(20)21)13(8-23-14)15-11(2)24-17(28-15)18(26)25-9-19(10-25)4-6-27-19;1-6-3-2-4-7(6)5-8/h7-8,16H,3-6,9-10H2,1-2H3,(H,22,23);5-6H,2-4H2,1H3. The van der Waals surface area contributed by atoms with Crippen molar-refractivity contribution in [2.24, 2.45) is 0 Å². The summed E-state index contributed by atoms with van der Waals surface area (Å²) in [6.07, 6.45) is 3.94. The zero-order valence-electron chi connectivity index (χ0n) is 20.9. The number of nitrogens with zero attached hydrogens (tertiary/aromatic N) is 4. The highest BCUT2D eigenvalue weighted by Gasteiger charge is 2.51. The van der Waals surface area contributed by atoms with Crippen LogP contribution in [-0.2, 0) is 9.53 Å². The molecule has 0 bridgehead atoms. The molecule has 5 rings (SSSR count). The third kappa shape index (κ3) is 5.51. The Bertz CT molecular complexity index is 1080. The van der Waals surface area contributed by atoms with Crippen LogP contribution in [0.2, 0.25) is 0 Å². The molecule has 3 fully saturated rings. The summed E-state index contributed by atoms with van der Waals surface area (Å²) in [6.45, 7) is 9.32. The second-order valence-electron chi connectivity index (χ2n) is 9.59. The fourth-order valence-corrected chi connectivity index (χ4v) is 5.68. The van der Waals surface area contributed by atoms with Crippen LogP contribution in [0.15, 0.2) is 12.3 Å². The lowest BCUT2D eigenvalue weighted by Gasteiger charge is -2.54. The fourth-order valence-electron chi connectivity index (χ4n) is 4.61. The molecule has 2 aromatic rings. The first-order valence-corrected chi connectivity index (χ1v) is 13.2. The van der Waals surface area contributed by atoms with Crippen LogP contribution < -0.4 is 5.32 Å². The minimum absolute atomic E-state index is 0.106. The van der Waals surface area contributed by atoms with E-state index in [9.17, 15) is 18.4 Å². The predicted octanol–water partition coefficient (Wildman–Crippen LogP) is 4.52. The number of likely N-dealkylation sites (tertiary alicyclic amines) is 2. The van der Waals surface area contributed by atoms with Gasteiger partial charge in [-0.3, -0.25) is 9.59 Å². The molecule has 0 saturated carbocycles. The second-order valence-corrected chi connectivity index (χ2v) is 10.6. The Kier molecular flexibility index (Phi) is 8.19. The number of alkyl halides is 2. The van der Waals surface area contributed by atoms with E-state index in [1.165, 1.54) is 25.1 Å². The van der Waals surface area contributed by atoms with E-state index in [1.54, 1.807) is 11.8 Å². The van der Waals surface area contributed by atoms with E-state index in [2.05, 4.69) is 22.2 Å². The number of thiazole rings is 1. The highest BCUT2D eigenvalue weighted by Crippen LogP contribution is 2.40. The monoisotopic (exact) mass is 521 g/mol. The van der Waals surface area contributed by atoms with E-state index >= 15 is 0 Å². The van der Waals surface area contributed by atoms with Crippen LogP contribution in [0.25, 0.3) is 10.4 Å². The molecule has 2 aromatic heterocycles. The van der Waals surface area contributed by atoms with Gasteiger partial charge in [0.05, 0.1) is 30.3 Å². The summed E-state index contributed by atoms with van der Waals surface area (Å²) in [6, 6.07) is 1.87. The molecule has 0 aliphatic carbocycles. The van der Waals surface area contributed by atoms with Crippen LogP contribution in [0.3, 0.4) is 0 Å². The Morgan fingerprint density at radius 3 is 2.69 bits per heavy atom. The lowest BCUT2D eigenvalue weighted by atomic mass is 9.86. The molecule has 0 radical (unpaired) electrons. The van der Waals surface area contributed by atoms with E-state index < -0.39 is 6.43 Å². The molecule has 0 aromatic carbocycles. The number of ether oxygens (including phenoxy) is 1. The van der Waals surface area contributed by atoms with E-state index in [4.69, 9.17) is 4.74 Å². The number of halogens is 2. The van der Waals surface area contributed by atoms with Gasteiger partial charge in [0.1, 0.15) is 11.4 Å². The van der Waals surface area contributed by atoms with Gasteiger partial charge in [-0.15, -0.1) is 11.3 Å². The number of aromatic nitrogens is 2. The summed E-state index contributed by atoms with van der Waals surface area (Å²) < 4.78 is 32.9. The first-order chi connectivity index (χ1) is 17.3. The molecular formula is C25H33F2N5O3S. The highest BCUT2D eigenvalue weighted by molar-refractivity contribution is 7.17. The average Bonchev–Trinajstić information content (AvgIpc) is 3.40. The van der Waals surface area contributed by atoms with Crippen LogP contribution in [0, 0.1) is 6.92 Å². The maximum absolute atomic E-state index is 13.7. The van der Waals surface area contributed by atoms with Crippen molar-refractivity contribution in [2.75, 3.05) is 38.1 Å². The summed E-state index contributed by atoms with van der Waals surface area (Å²) in [5.41, 5.74) is 0.624. The van der Waals surface area contributed by atoms with Crippen molar-refractivity contribution in [3.05, 3.63) is 28.5 Å². The number of nitrogens with one attached hydrogen (secondary N) is 1. The maximum Gasteiger partial charge on any atom is 0.283 e. The lowest BCUT2D eigenvalue weighted by Crippen LogP contribution is -2.69. The molecule has 1 atom stereocenters. The molecule has 3 saturated heterocycles. The zero-order chi connectivity index (χ0) is 25.9. The van der Waals surface area contributed by atoms with Crippen molar-refractivity contribution < 1.29 is 23.1 Å². The van der Waals surface area contributed by atoms with Gasteiger partial charge in [0.25, 0.3) is 12.3 Å². The van der Waals surface area contributed by atoms with Gasteiger partial charge in [-0.25, -0.2) is 18.7 Å². The topological polar surface area (TPSA) is 87.7 Å². The van der Waals surface area contributed by atoms with Crippen molar-refractivity contribution in [1.82, 2.24) is 19.8 Å². The van der Waals surface area contributed by atoms with Crippen LogP contribution in [0.4, 0.5) is 14.6 Å². The molecule has 3 aliphatic rings. The summed E-state index contributed by atoms with van der Waals surface area (Å²) in [5.74, 6) is 0.249. The second kappa shape index (κ2) is 11.2. The molecule has 8 nitrogen and oxygen atoms in total. The molecule has 1 unspecified atom stereocenters. The minimum atomic E-state index is -2.65. The van der Waals surface area contributed by atoms with E-state index in [0.717, 1.165) is 43.7 Å². The van der Waals surface area contributed by atoms with Crippen molar-refractivity contribution in [3.8, 4) is 10.4 Å². The maximum atomic E-state index is 13.7. The highest BCUT2D eigenvalue weighted by atomic mass is 32.1. The van der Waals surface area contributed by atoms with Gasteiger partial charge >= 0.3 is 0 Å². The van der Waals surface area contributed by atoms with Crippen molar-refractivity contribution in [1.29, 1.82) is 0 Å². The van der Waals surface area contributed by atoms with Crippen LogP contribution in [-0.4, -0.2) is 76.5 Å². The Labute approximate surface area is 214 Å². The van der Waals surface area contributed by atoms with Crippen LogP contribution in [0.1, 0.15) is 67.0 Å². The van der Waals surface area contributed by atoms with Crippen molar-refractivity contribution in [3.63, 3.8) is 0 Å². The first kappa shape index (κ1) is 26.4. The van der Waals surface area contributed by atoms with E-state index in [1.807, 2.05) is 11.8 Å². The van der Waals surface area contributed by atoms with Crippen LogP contribution in [0.5, 0.6) is 0 Å². The number of hydrogen-bond donors (Lipinski definition) is 1. The van der Waals surface area contributed by atoms with Gasteiger partial charge in [0, 0.05) is 42.9 Å². The Balaban J connectivity index is 0.000000325. The number of aryl methyl sites for hydroxylation is 1. The van der Waals surface area contributed by atoms with Gasteiger partial charge < -0.3 is 19.9 Å². The number of pyridine rings is 1. The summed E-state index contributed by atoms with van der Waals surface area (Å²) in [4.78, 5) is 35.5. The summed E-state index contributed by atoms with van der Waals surface area (Å²) in [5, 5.41) is 3.34. The molecular weight excluding hydrogens is 488 g/mol. The van der Waals surface area contributed by atoms with Crippen molar-refractivity contribution in [2.45, 2.75) is 64.5 Å². The SMILES string of the molecule is CC1CCCN1C=O.CCCNc1cc(C(F)F)c(-c2sc(C(=O)N3CC4(CCO4)C3)nc2C)cn1. The quantitative estimate of drug-likeness (QED) is 0.540. The largest absolute Gasteiger partial charge is 0.371 e. The van der Waals surface area contributed by atoms with E-state index in [-0.39, 0.29) is 17.1 Å². The summed E-state index contributed by atoms with van der Waals surface area (Å²) >= 11 is 1.14. The Morgan fingerprint density at radius 1 is 1.42 bits per heavy atom. The molecule has 36 heavy (non-hydrogen) atoms. The predicted molar refractivity (Wildman–Crippen MR) is 134 cm³/mol. The zero-order valence-corrected chi connectivity index (χ0v) is 21.7. The Morgan fingerprint density at radius 2 is 2.17 bits per heavy atom. The van der Waals surface area contributed by atoms with Gasteiger partial charge in [-0.05, 0) is 39.2 Å². The van der Waals surface area contributed by atoms with Crippen molar-refractivity contribution >= 4 is 29.5 Å². The van der Waals surface area contributed by atoms with E-state index in [0.29, 0.717) is 52.6 Å². The van der Waals surface area contributed by atoms with Gasteiger partial charge in [0.2, 0.25) is 6.41 Å². The number of carbonyl (C=O) groups excluding carboxylic acids is 2. The number of anilines is 1. The molecule has 2 amide bonds. The fraction of sp³-hybridized carbons (Fsp3) is 0.600. The van der Waals surface area contributed by atoms with Gasteiger partial charge in [-0.2, -0.15) is 0 Å². The molecule has 1 N–H and O–H groups in total. The molecule has 1 spiro atoms. The average molecular weight is 522 g/mol. The number of rotatable bonds is 7. The molecule has 11 heteroatoms. The minimum Gasteiger partial charge on any atom is -0.371 e. The molecule has 196 valence electrons. The number of carbonyl (C=O) groups is 2. The third-order valence-electron chi connectivity index (χ3n) is 6.90. The third-order valence-corrected chi connectivity index (χ3v) is 8.08.